The molecule has 1 aromatic heterocycles. The quantitative estimate of drug-likeness (QED) is 0.874. The lowest BCUT2D eigenvalue weighted by Crippen LogP contribution is -2.19. The Labute approximate surface area is 104 Å². The first-order valence-corrected chi connectivity index (χ1v) is 6.26. The topological polar surface area (TPSA) is 38.0 Å². The molecular weight excluding hydrogens is 240 g/mol. The minimum Gasteiger partial charge on any atom is -0.376 e. The molecule has 16 heavy (non-hydrogen) atoms. The van der Waals surface area contributed by atoms with Crippen LogP contribution in [-0.4, -0.2) is 6.54 Å². The Bertz CT molecular complexity index is 441. The SMILES string of the molecule is NCC(Nc1ccccc1)c1ccc(Cl)s1. The Morgan fingerprint density at radius 1 is 1.19 bits per heavy atom. The van der Waals surface area contributed by atoms with Crippen molar-refractivity contribution in [3.8, 4) is 0 Å². The molecule has 0 saturated heterocycles. The molecule has 0 fully saturated rings. The molecule has 0 saturated carbocycles. The maximum atomic E-state index is 5.91. The summed E-state index contributed by atoms with van der Waals surface area (Å²) in [6.07, 6.45) is 0. The molecule has 0 spiro atoms. The van der Waals surface area contributed by atoms with Crippen molar-refractivity contribution in [2.45, 2.75) is 6.04 Å². The fourth-order valence-electron chi connectivity index (χ4n) is 1.50. The molecule has 0 aliphatic rings. The van der Waals surface area contributed by atoms with Gasteiger partial charge < -0.3 is 11.1 Å². The number of hydrogen-bond acceptors (Lipinski definition) is 3. The first-order valence-electron chi connectivity index (χ1n) is 5.06. The molecule has 0 aliphatic heterocycles. The zero-order chi connectivity index (χ0) is 11.4. The van der Waals surface area contributed by atoms with E-state index in [0.717, 1.165) is 14.9 Å². The van der Waals surface area contributed by atoms with E-state index in [1.165, 1.54) is 0 Å². The number of benzene rings is 1. The highest BCUT2D eigenvalue weighted by Crippen LogP contribution is 2.28. The molecule has 2 nitrogen and oxygen atoms in total. The second-order valence-corrected chi connectivity index (χ2v) is 5.19. The van der Waals surface area contributed by atoms with Gasteiger partial charge in [0.1, 0.15) is 0 Å². The Balaban J connectivity index is 2.12. The van der Waals surface area contributed by atoms with Crippen LogP contribution in [0, 0.1) is 0 Å². The number of thiophene rings is 1. The minimum absolute atomic E-state index is 0.125. The minimum atomic E-state index is 0.125. The summed E-state index contributed by atoms with van der Waals surface area (Å²) in [5, 5.41) is 3.39. The van der Waals surface area contributed by atoms with Gasteiger partial charge >= 0.3 is 0 Å². The maximum absolute atomic E-state index is 5.91. The van der Waals surface area contributed by atoms with Gasteiger partial charge in [-0.25, -0.2) is 0 Å². The van der Waals surface area contributed by atoms with Crippen LogP contribution in [0.5, 0.6) is 0 Å². The van der Waals surface area contributed by atoms with Crippen LogP contribution in [0.4, 0.5) is 5.69 Å². The number of rotatable bonds is 4. The Morgan fingerprint density at radius 2 is 1.94 bits per heavy atom. The largest absolute Gasteiger partial charge is 0.376 e. The van der Waals surface area contributed by atoms with E-state index in [4.69, 9.17) is 17.3 Å². The zero-order valence-corrected chi connectivity index (χ0v) is 10.3. The summed E-state index contributed by atoms with van der Waals surface area (Å²) in [6.45, 7) is 0.547. The summed E-state index contributed by atoms with van der Waals surface area (Å²) in [4.78, 5) is 1.16. The van der Waals surface area contributed by atoms with Gasteiger partial charge in [0.25, 0.3) is 0 Å². The normalized spacial score (nSPS) is 12.4. The average Bonchev–Trinajstić information content (AvgIpc) is 2.74. The van der Waals surface area contributed by atoms with Crippen molar-refractivity contribution in [2.75, 3.05) is 11.9 Å². The van der Waals surface area contributed by atoms with Crippen LogP contribution in [0.3, 0.4) is 0 Å². The molecule has 84 valence electrons. The van der Waals surface area contributed by atoms with E-state index >= 15 is 0 Å². The number of nitrogens with two attached hydrogens (primary N) is 1. The lowest BCUT2D eigenvalue weighted by Gasteiger charge is -2.16. The molecule has 1 unspecified atom stereocenters. The molecular formula is C12H13ClN2S. The molecule has 1 heterocycles. The number of halogens is 1. The molecule has 3 N–H and O–H groups in total. The van der Waals surface area contributed by atoms with Crippen LogP contribution in [0.2, 0.25) is 4.34 Å². The summed E-state index contributed by atoms with van der Waals surface area (Å²) in [6, 6.07) is 14.1. The van der Waals surface area contributed by atoms with Gasteiger partial charge in [-0.05, 0) is 24.3 Å². The van der Waals surface area contributed by atoms with E-state index in [1.54, 1.807) is 11.3 Å². The number of para-hydroxylation sites is 1. The van der Waals surface area contributed by atoms with Gasteiger partial charge in [0.05, 0.1) is 10.4 Å². The van der Waals surface area contributed by atoms with Gasteiger partial charge in [0.2, 0.25) is 0 Å². The standard InChI is InChI=1S/C12H13ClN2S/c13-12-7-6-11(16-12)10(8-14)15-9-4-2-1-3-5-9/h1-7,10,15H,8,14H2. The van der Waals surface area contributed by atoms with E-state index in [2.05, 4.69) is 5.32 Å². The first-order chi connectivity index (χ1) is 7.79. The van der Waals surface area contributed by atoms with Crippen LogP contribution in [0.1, 0.15) is 10.9 Å². The van der Waals surface area contributed by atoms with E-state index in [0.29, 0.717) is 6.54 Å². The monoisotopic (exact) mass is 252 g/mol. The van der Waals surface area contributed by atoms with Gasteiger partial charge in [-0.3, -0.25) is 0 Å². The zero-order valence-electron chi connectivity index (χ0n) is 8.69. The first kappa shape index (κ1) is 11.5. The highest BCUT2D eigenvalue weighted by Gasteiger charge is 2.11. The van der Waals surface area contributed by atoms with Crippen molar-refractivity contribution in [2.24, 2.45) is 5.73 Å². The van der Waals surface area contributed by atoms with E-state index in [-0.39, 0.29) is 6.04 Å². The van der Waals surface area contributed by atoms with Crippen LogP contribution < -0.4 is 11.1 Å². The van der Waals surface area contributed by atoms with E-state index in [9.17, 15) is 0 Å². The van der Waals surface area contributed by atoms with Gasteiger partial charge in [-0.2, -0.15) is 0 Å². The third kappa shape index (κ3) is 2.76. The van der Waals surface area contributed by atoms with E-state index in [1.807, 2.05) is 42.5 Å². The fraction of sp³-hybridized carbons (Fsp3) is 0.167. The van der Waals surface area contributed by atoms with Gasteiger partial charge in [0, 0.05) is 17.1 Å². The van der Waals surface area contributed by atoms with Crippen molar-refractivity contribution >= 4 is 28.6 Å². The van der Waals surface area contributed by atoms with Crippen LogP contribution in [-0.2, 0) is 0 Å². The predicted molar refractivity (Wildman–Crippen MR) is 71.2 cm³/mol. The predicted octanol–water partition coefficient (Wildman–Crippen LogP) is 3.51. The van der Waals surface area contributed by atoms with Crippen LogP contribution in [0.15, 0.2) is 42.5 Å². The second-order valence-electron chi connectivity index (χ2n) is 3.44. The summed E-state index contributed by atoms with van der Waals surface area (Å²) in [5.41, 5.74) is 6.83. The second kappa shape index (κ2) is 5.34. The molecule has 2 rings (SSSR count). The molecule has 1 atom stereocenters. The highest BCUT2D eigenvalue weighted by molar-refractivity contribution is 7.16. The lowest BCUT2D eigenvalue weighted by atomic mass is 10.2. The van der Waals surface area contributed by atoms with Crippen molar-refractivity contribution < 1.29 is 0 Å². The summed E-state index contributed by atoms with van der Waals surface area (Å²) in [7, 11) is 0. The van der Waals surface area contributed by atoms with Crippen molar-refractivity contribution in [3.05, 3.63) is 51.7 Å². The maximum Gasteiger partial charge on any atom is 0.0932 e. The average molecular weight is 253 g/mol. The number of hydrogen-bond donors (Lipinski definition) is 2. The Hall–Kier alpha value is -1.03. The molecule has 0 amide bonds. The lowest BCUT2D eigenvalue weighted by molar-refractivity contribution is 0.806. The van der Waals surface area contributed by atoms with Gasteiger partial charge in [0.15, 0.2) is 0 Å². The molecule has 0 aliphatic carbocycles. The number of nitrogens with one attached hydrogen (secondary N) is 1. The molecule has 2 aromatic rings. The Kier molecular flexibility index (Phi) is 3.83. The molecule has 1 aromatic carbocycles. The smallest absolute Gasteiger partial charge is 0.0932 e. The third-order valence-corrected chi connectivity index (χ3v) is 3.63. The number of anilines is 1. The molecule has 0 radical (unpaired) electrons. The van der Waals surface area contributed by atoms with Crippen LogP contribution >= 0.6 is 22.9 Å². The van der Waals surface area contributed by atoms with Gasteiger partial charge in [-0.15, -0.1) is 11.3 Å². The summed E-state index contributed by atoms with van der Waals surface area (Å²) >= 11 is 7.48. The van der Waals surface area contributed by atoms with E-state index < -0.39 is 0 Å². The fourth-order valence-corrected chi connectivity index (χ4v) is 2.62. The summed E-state index contributed by atoms with van der Waals surface area (Å²) < 4.78 is 0.795. The van der Waals surface area contributed by atoms with Gasteiger partial charge in [-0.1, -0.05) is 29.8 Å². The van der Waals surface area contributed by atoms with Crippen molar-refractivity contribution in [3.63, 3.8) is 0 Å². The van der Waals surface area contributed by atoms with Crippen LogP contribution in [0.25, 0.3) is 0 Å². The highest BCUT2D eigenvalue weighted by atomic mass is 35.5. The van der Waals surface area contributed by atoms with Crippen molar-refractivity contribution in [1.82, 2.24) is 0 Å². The molecule has 0 bridgehead atoms. The summed E-state index contributed by atoms with van der Waals surface area (Å²) in [5.74, 6) is 0. The van der Waals surface area contributed by atoms with Crippen molar-refractivity contribution in [1.29, 1.82) is 0 Å². The third-order valence-electron chi connectivity index (χ3n) is 2.29. The Morgan fingerprint density at radius 3 is 2.50 bits per heavy atom. The molecule has 4 heteroatoms.